The van der Waals surface area contributed by atoms with Gasteiger partial charge in [-0.15, -0.1) is 0 Å². The average molecular weight is 297 g/mol. The second-order valence-corrected chi connectivity index (χ2v) is 4.50. The molecule has 0 saturated carbocycles. The standard InChI is InChI=1S/C14H11ClF2N2O/c15-10-3-1-9(2-4-10)8-18-14(20)19-11-5-6-12(16)13(17)7-11/h1-7H,8H2,(H2,18,19,20). The van der Waals surface area contributed by atoms with Gasteiger partial charge in [0.15, 0.2) is 11.6 Å². The lowest BCUT2D eigenvalue weighted by Crippen LogP contribution is -2.28. The molecule has 0 atom stereocenters. The Morgan fingerprint density at radius 3 is 2.40 bits per heavy atom. The predicted octanol–water partition coefficient (Wildman–Crippen LogP) is 3.94. The number of urea groups is 1. The predicted molar refractivity (Wildman–Crippen MR) is 73.7 cm³/mol. The molecule has 2 aromatic rings. The molecule has 0 fully saturated rings. The summed E-state index contributed by atoms with van der Waals surface area (Å²) in [6, 6.07) is 9.62. The molecule has 20 heavy (non-hydrogen) atoms. The van der Waals surface area contributed by atoms with Gasteiger partial charge in [0, 0.05) is 23.3 Å². The van der Waals surface area contributed by atoms with E-state index in [1.54, 1.807) is 24.3 Å². The van der Waals surface area contributed by atoms with Gasteiger partial charge in [0.25, 0.3) is 0 Å². The van der Waals surface area contributed by atoms with Gasteiger partial charge in [-0.2, -0.15) is 0 Å². The number of hydrogen-bond donors (Lipinski definition) is 2. The zero-order valence-corrected chi connectivity index (χ0v) is 11.0. The van der Waals surface area contributed by atoms with Crippen molar-refractivity contribution in [3.05, 3.63) is 64.7 Å². The first kappa shape index (κ1) is 14.3. The van der Waals surface area contributed by atoms with Gasteiger partial charge in [0.2, 0.25) is 0 Å². The van der Waals surface area contributed by atoms with Crippen molar-refractivity contribution in [2.24, 2.45) is 0 Å². The zero-order valence-electron chi connectivity index (χ0n) is 10.3. The Morgan fingerprint density at radius 2 is 1.75 bits per heavy atom. The summed E-state index contributed by atoms with van der Waals surface area (Å²) in [5.41, 5.74) is 1.05. The number of carbonyl (C=O) groups excluding carboxylic acids is 1. The molecule has 0 heterocycles. The highest BCUT2D eigenvalue weighted by atomic mass is 35.5. The fraction of sp³-hybridized carbons (Fsp3) is 0.0714. The van der Waals surface area contributed by atoms with Crippen LogP contribution in [-0.4, -0.2) is 6.03 Å². The lowest BCUT2D eigenvalue weighted by molar-refractivity contribution is 0.251. The van der Waals surface area contributed by atoms with E-state index in [9.17, 15) is 13.6 Å². The molecule has 0 aliphatic heterocycles. The molecule has 0 saturated heterocycles. The van der Waals surface area contributed by atoms with E-state index in [2.05, 4.69) is 10.6 Å². The highest BCUT2D eigenvalue weighted by molar-refractivity contribution is 6.30. The monoisotopic (exact) mass is 296 g/mol. The minimum Gasteiger partial charge on any atom is -0.334 e. The summed E-state index contributed by atoms with van der Waals surface area (Å²) in [4.78, 5) is 11.6. The van der Waals surface area contributed by atoms with E-state index >= 15 is 0 Å². The van der Waals surface area contributed by atoms with Crippen molar-refractivity contribution in [2.45, 2.75) is 6.54 Å². The van der Waals surface area contributed by atoms with Crippen LogP contribution in [0.25, 0.3) is 0 Å². The van der Waals surface area contributed by atoms with Gasteiger partial charge >= 0.3 is 6.03 Å². The first-order valence-electron chi connectivity index (χ1n) is 5.79. The molecule has 2 N–H and O–H groups in total. The van der Waals surface area contributed by atoms with E-state index in [1.165, 1.54) is 6.07 Å². The number of halogens is 3. The molecule has 6 heteroatoms. The largest absolute Gasteiger partial charge is 0.334 e. The lowest BCUT2D eigenvalue weighted by atomic mass is 10.2. The van der Waals surface area contributed by atoms with E-state index in [0.717, 1.165) is 17.7 Å². The van der Waals surface area contributed by atoms with Crippen LogP contribution in [0.3, 0.4) is 0 Å². The van der Waals surface area contributed by atoms with Crippen LogP contribution in [0, 0.1) is 11.6 Å². The number of rotatable bonds is 3. The SMILES string of the molecule is O=C(NCc1ccc(Cl)cc1)Nc1ccc(F)c(F)c1. The molecule has 0 aliphatic carbocycles. The Morgan fingerprint density at radius 1 is 1.05 bits per heavy atom. The van der Waals surface area contributed by atoms with Crippen LogP contribution < -0.4 is 10.6 Å². The van der Waals surface area contributed by atoms with E-state index < -0.39 is 17.7 Å². The first-order chi connectivity index (χ1) is 9.54. The Bertz CT molecular complexity index is 617. The quantitative estimate of drug-likeness (QED) is 0.885. The number of hydrogen-bond acceptors (Lipinski definition) is 1. The molecule has 104 valence electrons. The summed E-state index contributed by atoms with van der Waals surface area (Å²) in [5, 5.41) is 5.61. The Balaban J connectivity index is 1.89. The summed E-state index contributed by atoms with van der Waals surface area (Å²) in [6.07, 6.45) is 0. The maximum atomic E-state index is 13.0. The van der Waals surface area contributed by atoms with Crippen LogP contribution in [0.15, 0.2) is 42.5 Å². The van der Waals surface area contributed by atoms with Crippen LogP contribution in [0.4, 0.5) is 19.3 Å². The summed E-state index contributed by atoms with van der Waals surface area (Å²) in [6.45, 7) is 0.298. The molecule has 0 aliphatic rings. The average Bonchev–Trinajstić information content (AvgIpc) is 2.42. The van der Waals surface area contributed by atoms with Crippen molar-refractivity contribution in [2.75, 3.05) is 5.32 Å². The Kier molecular flexibility index (Phi) is 4.53. The molecule has 0 spiro atoms. The zero-order chi connectivity index (χ0) is 14.5. The minimum atomic E-state index is -1.01. The second kappa shape index (κ2) is 6.34. The topological polar surface area (TPSA) is 41.1 Å². The Hall–Kier alpha value is -2.14. The number of nitrogens with one attached hydrogen (secondary N) is 2. The normalized spacial score (nSPS) is 10.2. The lowest BCUT2D eigenvalue weighted by Gasteiger charge is -2.08. The maximum absolute atomic E-state index is 13.0. The highest BCUT2D eigenvalue weighted by Crippen LogP contribution is 2.13. The third kappa shape index (κ3) is 3.93. The maximum Gasteiger partial charge on any atom is 0.319 e. The summed E-state index contributed by atoms with van der Waals surface area (Å²) >= 11 is 5.74. The molecule has 0 radical (unpaired) electrons. The molecule has 2 rings (SSSR count). The number of amides is 2. The summed E-state index contributed by atoms with van der Waals surface area (Å²) in [5.74, 6) is -1.97. The molecular weight excluding hydrogens is 286 g/mol. The molecule has 0 bridgehead atoms. The number of anilines is 1. The van der Waals surface area contributed by atoms with Gasteiger partial charge in [-0.05, 0) is 29.8 Å². The van der Waals surface area contributed by atoms with Crippen molar-refractivity contribution in [3.63, 3.8) is 0 Å². The van der Waals surface area contributed by atoms with Crippen LogP contribution in [0.2, 0.25) is 5.02 Å². The van der Waals surface area contributed by atoms with Gasteiger partial charge in [-0.25, -0.2) is 13.6 Å². The number of carbonyl (C=O) groups is 1. The fourth-order valence-electron chi connectivity index (χ4n) is 1.53. The van der Waals surface area contributed by atoms with E-state index in [-0.39, 0.29) is 5.69 Å². The molecule has 3 nitrogen and oxygen atoms in total. The Labute approximate surface area is 119 Å². The molecule has 2 aromatic carbocycles. The van der Waals surface area contributed by atoms with E-state index in [0.29, 0.717) is 11.6 Å². The van der Waals surface area contributed by atoms with Gasteiger partial charge in [-0.1, -0.05) is 23.7 Å². The van der Waals surface area contributed by atoms with Gasteiger partial charge < -0.3 is 10.6 Å². The van der Waals surface area contributed by atoms with Gasteiger partial charge in [0.1, 0.15) is 0 Å². The molecular formula is C14H11ClF2N2O. The molecule has 0 unspecified atom stereocenters. The minimum absolute atomic E-state index is 0.178. The first-order valence-corrected chi connectivity index (χ1v) is 6.17. The van der Waals surface area contributed by atoms with Crippen molar-refractivity contribution < 1.29 is 13.6 Å². The van der Waals surface area contributed by atoms with Crippen LogP contribution in [0.5, 0.6) is 0 Å². The van der Waals surface area contributed by atoms with Gasteiger partial charge in [-0.3, -0.25) is 0 Å². The highest BCUT2D eigenvalue weighted by Gasteiger charge is 2.05. The molecule has 0 aromatic heterocycles. The van der Waals surface area contributed by atoms with Crippen molar-refractivity contribution in [1.29, 1.82) is 0 Å². The van der Waals surface area contributed by atoms with Crippen LogP contribution in [-0.2, 0) is 6.54 Å². The fourth-order valence-corrected chi connectivity index (χ4v) is 1.66. The smallest absolute Gasteiger partial charge is 0.319 e. The third-order valence-electron chi connectivity index (χ3n) is 2.54. The van der Waals surface area contributed by atoms with Crippen molar-refractivity contribution >= 4 is 23.3 Å². The van der Waals surface area contributed by atoms with Crippen LogP contribution in [0.1, 0.15) is 5.56 Å². The molecule has 2 amide bonds. The van der Waals surface area contributed by atoms with Crippen LogP contribution >= 0.6 is 11.6 Å². The third-order valence-corrected chi connectivity index (χ3v) is 2.80. The van der Waals surface area contributed by atoms with Crippen molar-refractivity contribution in [3.8, 4) is 0 Å². The van der Waals surface area contributed by atoms with Gasteiger partial charge in [0.05, 0.1) is 0 Å². The summed E-state index contributed by atoms with van der Waals surface area (Å²) in [7, 11) is 0. The number of benzene rings is 2. The van der Waals surface area contributed by atoms with E-state index in [4.69, 9.17) is 11.6 Å². The van der Waals surface area contributed by atoms with E-state index in [1.807, 2.05) is 0 Å². The summed E-state index contributed by atoms with van der Waals surface area (Å²) < 4.78 is 25.7. The second-order valence-electron chi connectivity index (χ2n) is 4.06. The van der Waals surface area contributed by atoms with Crippen molar-refractivity contribution in [1.82, 2.24) is 5.32 Å².